The molecule has 0 amide bonds. The summed E-state index contributed by atoms with van der Waals surface area (Å²) >= 11 is 0. The molecule has 0 fully saturated rings. The maximum atomic E-state index is 11.2. The van der Waals surface area contributed by atoms with Crippen molar-refractivity contribution in [3.05, 3.63) is 29.3 Å². The van der Waals surface area contributed by atoms with E-state index < -0.39 is 6.04 Å². The number of phenolic OH excluding ortho intramolecular Hbond substituents is 1. The maximum absolute atomic E-state index is 11.2. The number of hydrogen-bond donors (Lipinski definition) is 2. The van der Waals surface area contributed by atoms with Gasteiger partial charge in [-0.05, 0) is 13.0 Å². The monoisotopic (exact) mass is 311 g/mol. The molecular weight excluding hydrogens is 295 g/mol. The molecular formula is C12H16NO3Y-. The molecule has 0 heterocycles. The second kappa shape index (κ2) is 7.80. The van der Waals surface area contributed by atoms with Gasteiger partial charge in [-0.1, -0.05) is 12.5 Å². The first-order valence-corrected chi connectivity index (χ1v) is 5.17. The van der Waals surface area contributed by atoms with Crippen LogP contribution in [0.2, 0.25) is 0 Å². The Morgan fingerprint density at radius 1 is 1.59 bits per heavy atom. The molecule has 0 aliphatic carbocycles. The van der Waals surface area contributed by atoms with Crippen LogP contribution in [-0.2, 0) is 42.2 Å². The van der Waals surface area contributed by atoms with Gasteiger partial charge in [-0.2, -0.15) is 18.2 Å². The number of hydrogen-bond acceptors (Lipinski definition) is 4. The predicted octanol–water partition coefficient (Wildman–Crippen LogP) is 1.45. The van der Waals surface area contributed by atoms with E-state index >= 15 is 0 Å². The van der Waals surface area contributed by atoms with Gasteiger partial charge >= 0.3 is 5.97 Å². The van der Waals surface area contributed by atoms with Crippen molar-refractivity contribution in [3.8, 4) is 5.75 Å². The third-order valence-electron chi connectivity index (χ3n) is 2.28. The molecule has 0 saturated heterocycles. The van der Waals surface area contributed by atoms with Gasteiger partial charge in [0.2, 0.25) is 0 Å². The summed E-state index contributed by atoms with van der Waals surface area (Å²) in [6.07, 6.45) is 0.0543. The van der Waals surface area contributed by atoms with Crippen molar-refractivity contribution >= 4 is 5.97 Å². The second-order valence-corrected chi connectivity index (χ2v) is 3.56. The number of aryl methyl sites for hydroxylation is 1. The number of esters is 1. The second-order valence-electron chi connectivity index (χ2n) is 3.56. The Morgan fingerprint density at radius 2 is 2.24 bits per heavy atom. The molecule has 91 valence electrons. The molecule has 1 rings (SSSR count). The van der Waals surface area contributed by atoms with E-state index in [1.165, 1.54) is 0 Å². The Bertz CT molecular complexity index is 382. The first-order chi connectivity index (χ1) is 7.56. The Hall–Kier alpha value is -0.446. The van der Waals surface area contributed by atoms with Gasteiger partial charge in [-0.15, -0.1) is 5.56 Å². The van der Waals surface area contributed by atoms with Crippen molar-refractivity contribution in [1.29, 1.82) is 0 Å². The van der Waals surface area contributed by atoms with Crippen LogP contribution in [0.25, 0.3) is 0 Å². The van der Waals surface area contributed by atoms with Gasteiger partial charge in [0.05, 0.1) is 13.0 Å². The summed E-state index contributed by atoms with van der Waals surface area (Å²) in [5, 5.41) is 9.76. The van der Waals surface area contributed by atoms with Gasteiger partial charge in [0.25, 0.3) is 0 Å². The third-order valence-corrected chi connectivity index (χ3v) is 2.28. The fourth-order valence-corrected chi connectivity index (χ4v) is 1.41. The standard InChI is InChI=1S/C12H16NO3.Y/c1-3-16-11(14)7-10(13)9-6-4-5-8(2)12(9)15;/h5-6,10,15H,3,7,13H2,1-2H3;/q-1;. The zero-order chi connectivity index (χ0) is 12.1. The van der Waals surface area contributed by atoms with Crippen molar-refractivity contribution in [1.82, 2.24) is 0 Å². The zero-order valence-corrected chi connectivity index (χ0v) is 12.9. The van der Waals surface area contributed by atoms with Crippen molar-refractivity contribution < 1.29 is 47.3 Å². The molecule has 5 heteroatoms. The van der Waals surface area contributed by atoms with E-state index in [-0.39, 0.29) is 50.8 Å². The number of benzene rings is 1. The predicted molar refractivity (Wildman–Crippen MR) is 59.9 cm³/mol. The molecule has 1 radical (unpaired) electrons. The summed E-state index contributed by atoms with van der Waals surface area (Å²) in [4.78, 5) is 11.2. The van der Waals surface area contributed by atoms with Crippen molar-refractivity contribution in [3.63, 3.8) is 0 Å². The Labute approximate surface area is 126 Å². The minimum absolute atomic E-state index is 0. The van der Waals surface area contributed by atoms with Crippen LogP contribution < -0.4 is 5.73 Å². The van der Waals surface area contributed by atoms with Crippen LogP contribution in [-0.4, -0.2) is 17.7 Å². The third kappa shape index (κ3) is 4.74. The molecule has 4 nitrogen and oxygen atoms in total. The van der Waals surface area contributed by atoms with E-state index in [0.29, 0.717) is 17.7 Å². The molecule has 0 bridgehead atoms. The molecule has 0 aliphatic rings. The summed E-state index contributed by atoms with van der Waals surface area (Å²) < 4.78 is 4.79. The molecule has 1 atom stereocenters. The Balaban J connectivity index is 0.00000256. The van der Waals surface area contributed by atoms with Crippen LogP contribution in [0.3, 0.4) is 0 Å². The van der Waals surface area contributed by atoms with E-state index in [4.69, 9.17) is 10.5 Å². The van der Waals surface area contributed by atoms with Crippen LogP contribution in [0.15, 0.2) is 12.1 Å². The minimum atomic E-state index is -0.560. The van der Waals surface area contributed by atoms with Gasteiger partial charge in [0.1, 0.15) is 0 Å². The molecule has 0 aromatic heterocycles. The molecule has 0 saturated carbocycles. The molecule has 1 aromatic rings. The fraction of sp³-hybridized carbons (Fsp3) is 0.417. The first-order valence-electron chi connectivity index (χ1n) is 5.17. The summed E-state index contributed by atoms with van der Waals surface area (Å²) in [6, 6.07) is 5.56. The van der Waals surface area contributed by atoms with E-state index in [1.807, 2.05) is 0 Å². The van der Waals surface area contributed by atoms with Crippen molar-refractivity contribution in [2.45, 2.75) is 26.3 Å². The van der Waals surface area contributed by atoms with Crippen LogP contribution in [0.4, 0.5) is 0 Å². The number of aromatic hydroxyl groups is 1. The number of phenols is 1. The Kier molecular flexibility index (Phi) is 7.59. The van der Waals surface area contributed by atoms with Gasteiger partial charge in [-0.3, -0.25) is 4.79 Å². The smallest absolute Gasteiger partial charge is 0.306 e. The van der Waals surface area contributed by atoms with Gasteiger partial charge in [0, 0.05) is 38.5 Å². The summed E-state index contributed by atoms with van der Waals surface area (Å²) in [6.45, 7) is 3.82. The normalized spacial score (nSPS) is 11.5. The van der Waals surface area contributed by atoms with Crippen LogP contribution in [0, 0.1) is 13.0 Å². The molecule has 0 aliphatic heterocycles. The number of rotatable bonds is 4. The Morgan fingerprint density at radius 3 is 2.82 bits per heavy atom. The number of ether oxygens (including phenoxy) is 1. The fourth-order valence-electron chi connectivity index (χ4n) is 1.41. The van der Waals surface area contributed by atoms with E-state index in [9.17, 15) is 9.90 Å². The number of carbonyl (C=O) groups is 1. The average Bonchev–Trinajstić information content (AvgIpc) is 2.22. The van der Waals surface area contributed by atoms with Crippen LogP contribution in [0.1, 0.15) is 30.5 Å². The van der Waals surface area contributed by atoms with E-state index in [0.717, 1.165) is 0 Å². The minimum Gasteiger partial charge on any atom is -0.533 e. The van der Waals surface area contributed by atoms with Crippen LogP contribution >= 0.6 is 0 Å². The largest absolute Gasteiger partial charge is 0.533 e. The number of nitrogens with two attached hydrogens (primary N) is 1. The molecule has 0 spiro atoms. The van der Waals surface area contributed by atoms with Gasteiger partial charge in [0.15, 0.2) is 0 Å². The molecule has 1 aromatic carbocycles. The molecule has 1 unspecified atom stereocenters. The van der Waals surface area contributed by atoms with Crippen molar-refractivity contribution in [2.24, 2.45) is 5.73 Å². The average molecular weight is 311 g/mol. The topological polar surface area (TPSA) is 72.5 Å². The van der Waals surface area contributed by atoms with Crippen molar-refractivity contribution in [2.75, 3.05) is 6.61 Å². The zero-order valence-electron chi connectivity index (χ0n) is 10.1. The van der Waals surface area contributed by atoms with Gasteiger partial charge in [-0.25, -0.2) is 0 Å². The van der Waals surface area contributed by atoms with Gasteiger partial charge < -0.3 is 15.6 Å². The summed E-state index contributed by atoms with van der Waals surface area (Å²) in [7, 11) is 0. The number of carbonyl (C=O) groups excluding carboxylic acids is 1. The summed E-state index contributed by atoms with van der Waals surface area (Å²) in [5.74, 6) is -0.244. The quantitative estimate of drug-likeness (QED) is 0.652. The SMILES string of the molecule is CCOC(=O)CC(N)c1c[c-]cc(C)c1O.[Y]. The molecule has 17 heavy (non-hydrogen) atoms. The van der Waals surface area contributed by atoms with E-state index in [2.05, 4.69) is 6.07 Å². The van der Waals surface area contributed by atoms with Crippen LogP contribution in [0.5, 0.6) is 5.75 Å². The molecule has 3 N–H and O–H groups in total. The van der Waals surface area contributed by atoms with E-state index in [1.54, 1.807) is 26.0 Å². The first kappa shape index (κ1) is 16.6. The maximum Gasteiger partial charge on any atom is 0.306 e. The summed E-state index contributed by atoms with van der Waals surface area (Å²) in [5.41, 5.74) is 7.03.